The van der Waals surface area contributed by atoms with Crippen molar-refractivity contribution in [2.24, 2.45) is 17.1 Å². The first-order valence-electron chi connectivity index (χ1n) is 13.0. The third-order valence-electron chi connectivity index (χ3n) is 7.77. The van der Waals surface area contributed by atoms with E-state index in [2.05, 4.69) is 38.2 Å². The van der Waals surface area contributed by atoms with Crippen LogP contribution in [0.3, 0.4) is 0 Å². The van der Waals surface area contributed by atoms with Crippen LogP contribution in [0.2, 0.25) is 0 Å². The van der Waals surface area contributed by atoms with Crippen LogP contribution < -0.4 is 26.4 Å². The molecule has 12 heteroatoms. The molecule has 2 aromatic rings. The summed E-state index contributed by atoms with van der Waals surface area (Å²) in [5.74, 6) is 0.00620. The van der Waals surface area contributed by atoms with Gasteiger partial charge in [0.2, 0.25) is 11.8 Å². The molecule has 3 fully saturated rings. The molecule has 12 nitrogen and oxygen atoms in total. The lowest BCUT2D eigenvalue weighted by Crippen LogP contribution is -2.54. The molecule has 3 aliphatic rings. The van der Waals surface area contributed by atoms with Crippen molar-refractivity contribution in [2.45, 2.75) is 63.8 Å². The lowest BCUT2D eigenvalue weighted by molar-refractivity contribution is 0.0759. The van der Waals surface area contributed by atoms with Crippen LogP contribution in [0.25, 0.3) is 0 Å². The highest BCUT2D eigenvalue weighted by atomic mass is 16.5. The second-order valence-corrected chi connectivity index (χ2v) is 11.3. The summed E-state index contributed by atoms with van der Waals surface area (Å²) >= 11 is 0. The van der Waals surface area contributed by atoms with E-state index in [9.17, 15) is 14.9 Å². The minimum absolute atomic E-state index is 0.000933. The number of aromatic nitrogens is 4. The molecule has 0 bridgehead atoms. The molecular formula is C26H33N9O3. The maximum Gasteiger partial charge on any atom is 0.322 e. The number of primary amides is 1. The molecule has 3 heterocycles. The number of nitriles is 1. The van der Waals surface area contributed by atoms with E-state index >= 15 is 0 Å². The standard InChI is InChI=1S/C26H33N9O3/c1-15-11-25(2,12-15)34-22(37)21-31-23(33-24(32-21)38-14-26(13-27)7-8-26)35-9-5-16(6-10-35)18-4-3-17(28)19(30-18)20(29)36/h3-4,15-16H,5-12,14,28H2,1-2H3,(H2,29,36)(H,34,37). The average molecular weight is 520 g/mol. The number of anilines is 2. The van der Waals surface area contributed by atoms with Gasteiger partial charge in [-0.15, -0.1) is 0 Å². The fourth-order valence-electron chi connectivity index (χ4n) is 5.49. The number of hydrogen-bond donors (Lipinski definition) is 3. The van der Waals surface area contributed by atoms with Crippen molar-refractivity contribution >= 4 is 23.5 Å². The monoisotopic (exact) mass is 519 g/mol. The number of nitrogen functional groups attached to an aromatic ring is 1. The summed E-state index contributed by atoms with van der Waals surface area (Å²) in [7, 11) is 0. The molecule has 0 spiro atoms. The zero-order valence-electron chi connectivity index (χ0n) is 21.7. The van der Waals surface area contributed by atoms with E-state index in [0.29, 0.717) is 25.0 Å². The molecule has 0 atom stereocenters. The molecule has 0 unspecified atom stereocenters. The summed E-state index contributed by atoms with van der Waals surface area (Å²) in [6, 6.07) is 5.82. The van der Waals surface area contributed by atoms with Gasteiger partial charge in [-0.3, -0.25) is 9.59 Å². The maximum absolute atomic E-state index is 13.1. The summed E-state index contributed by atoms with van der Waals surface area (Å²) in [4.78, 5) is 44.5. The largest absolute Gasteiger partial charge is 0.462 e. The normalized spacial score (nSPS) is 24.1. The van der Waals surface area contributed by atoms with E-state index in [1.165, 1.54) is 0 Å². The van der Waals surface area contributed by atoms with Crippen molar-refractivity contribution in [1.82, 2.24) is 25.3 Å². The molecule has 5 rings (SSSR count). The Bertz CT molecular complexity index is 1290. The van der Waals surface area contributed by atoms with Gasteiger partial charge in [0.05, 0.1) is 17.2 Å². The first kappa shape index (κ1) is 25.6. The Hall–Kier alpha value is -4.01. The average Bonchev–Trinajstić information content (AvgIpc) is 3.67. The Morgan fingerprint density at radius 2 is 1.89 bits per heavy atom. The molecule has 2 aromatic heterocycles. The number of nitrogens with one attached hydrogen (secondary N) is 1. The van der Waals surface area contributed by atoms with Gasteiger partial charge in [0.25, 0.3) is 11.8 Å². The first-order valence-corrected chi connectivity index (χ1v) is 13.0. The van der Waals surface area contributed by atoms with Crippen molar-refractivity contribution in [3.8, 4) is 12.1 Å². The Labute approximate surface area is 221 Å². The molecule has 1 saturated heterocycles. The lowest BCUT2D eigenvalue weighted by Gasteiger charge is -2.44. The van der Waals surface area contributed by atoms with Crippen LogP contribution in [0, 0.1) is 22.7 Å². The molecule has 38 heavy (non-hydrogen) atoms. The second-order valence-electron chi connectivity index (χ2n) is 11.3. The molecular weight excluding hydrogens is 486 g/mol. The lowest BCUT2D eigenvalue weighted by atomic mass is 9.70. The molecule has 2 aliphatic carbocycles. The molecule has 0 radical (unpaired) electrons. The SMILES string of the molecule is CC1CC(C)(NC(=O)c2nc(OCC3(C#N)CC3)nc(N3CCC(c4ccc(N)c(C(N)=O)n4)CC3)n2)C1. The molecule has 200 valence electrons. The Morgan fingerprint density at radius 1 is 1.18 bits per heavy atom. The number of carbonyl (C=O) groups is 2. The predicted molar refractivity (Wildman–Crippen MR) is 138 cm³/mol. The quantitative estimate of drug-likeness (QED) is 0.465. The summed E-state index contributed by atoms with van der Waals surface area (Å²) in [5.41, 5.74) is 11.6. The van der Waals surface area contributed by atoms with Crippen molar-refractivity contribution in [3.05, 3.63) is 29.3 Å². The number of hydrogen-bond acceptors (Lipinski definition) is 10. The minimum atomic E-state index is -0.653. The van der Waals surface area contributed by atoms with Gasteiger partial charge in [-0.05, 0) is 63.5 Å². The highest BCUT2D eigenvalue weighted by Crippen LogP contribution is 2.45. The molecule has 1 aliphatic heterocycles. The van der Waals surface area contributed by atoms with Gasteiger partial charge in [-0.25, -0.2) is 4.98 Å². The third kappa shape index (κ3) is 5.32. The Balaban J connectivity index is 1.33. The van der Waals surface area contributed by atoms with E-state index in [1.54, 1.807) is 6.07 Å². The summed E-state index contributed by atoms with van der Waals surface area (Å²) in [6.07, 6.45) is 4.80. The van der Waals surface area contributed by atoms with E-state index in [0.717, 1.165) is 44.2 Å². The zero-order valence-corrected chi connectivity index (χ0v) is 21.7. The van der Waals surface area contributed by atoms with Crippen LogP contribution in [-0.2, 0) is 0 Å². The van der Waals surface area contributed by atoms with Crippen LogP contribution >= 0.6 is 0 Å². The summed E-state index contributed by atoms with van der Waals surface area (Å²) in [5, 5.41) is 12.5. The second kappa shape index (κ2) is 9.70. The van der Waals surface area contributed by atoms with Crippen LogP contribution in [0.4, 0.5) is 11.6 Å². The molecule has 2 amide bonds. The number of nitrogens with two attached hydrogens (primary N) is 2. The first-order chi connectivity index (χ1) is 18.1. The highest BCUT2D eigenvalue weighted by molar-refractivity contribution is 5.95. The third-order valence-corrected chi connectivity index (χ3v) is 7.77. The number of amides is 2. The number of nitrogens with zero attached hydrogens (tertiary/aromatic N) is 6. The van der Waals surface area contributed by atoms with Crippen molar-refractivity contribution in [3.63, 3.8) is 0 Å². The summed E-state index contributed by atoms with van der Waals surface area (Å²) in [6.45, 7) is 5.56. The van der Waals surface area contributed by atoms with Crippen molar-refractivity contribution < 1.29 is 14.3 Å². The van der Waals surface area contributed by atoms with E-state index < -0.39 is 11.3 Å². The van der Waals surface area contributed by atoms with Crippen LogP contribution in [0.1, 0.15) is 85.1 Å². The fourth-order valence-corrected chi connectivity index (χ4v) is 5.49. The fraction of sp³-hybridized carbons (Fsp3) is 0.577. The van der Waals surface area contributed by atoms with Gasteiger partial charge in [0.15, 0.2) is 5.69 Å². The number of ether oxygens (including phenoxy) is 1. The predicted octanol–water partition coefficient (Wildman–Crippen LogP) is 1.93. The van der Waals surface area contributed by atoms with Gasteiger partial charge in [-0.2, -0.15) is 20.2 Å². The Kier molecular flexibility index (Phi) is 6.54. The summed E-state index contributed by atoms with van der Waals surface area (Å²) < 4.78 is 5.81. The van der Waals surface area contributed by atoms with E-state index in [1.807, 2.05) is 17.9 Å². The number of carbonyl (C=O) groups excluding carboxylic acids is 2. The van der Waals surface area contributed by atoms with Gasteiger partial charge in [-0.1, -0.05) is 6.92 Å². The topological polar surface area (TPSA) is 186 Å². The maximum atomic E-state index is 13.1. The smallest absolute Gasteiger partial charge is 0.322 e. The van der Waals surface area contributed by atoms with Gasteiger partial charge in [0, 0.05) is 30.2 Å². The number of piperidine rings is 1. The van der Waals surface area contributed by atoms with Crippen LogP contribution in [-0.4, -0.2) is 57.0 Å². The number of pyridine rings is 1. The zero-order chi connectivity index (χ0) is 27.1. The Morgan fingerprint density at radius 3 is 2.50 bits per heavy atom. The molecule has 5 N–H and O–H groups in total. The van der Waals surface area contributed by atoms with Gasteiger partial charge in [0.1, 0.15) is 6.61 Å². The van der Waals surface area contributed by atoms with E-state index in [4.69, 9.17) is 16.2 Å². The van der Waals surface area contributed by atoms with E-state index in [-0.39, 0.29) is 47.2 Å². The van der Waals surface area contributed by atoms with Gasteiger partial charge < -0.3 is 26.4 Å². The molecule has 0 aromatic carbocycles. The molecule has 2 saturated carbocycles. The van der Waals surface area contributed by atoms with Crippen LogP contribution in [0.5, 0.6) is 6.01 Å². The minimum Gasteiger partial charge on any atom is -0.462 e. The number of rotatable bonds is 8. The van der Waals surface area contributed by atoms with Crippen molar-refractivity contribution in [2.75, 3.05) is 30.3 Å². The van der Waals surface area contributed by atoms with Gasteiger partial charge >= 0.3 is 6.01 Å². The highest BCUT2D eigenvalue weighted by Gasteiger charge is 2.44. The van der Waals surface area contributed by atoms with Crippen LogP contribution in [0.15, 0.2) is 12.1 Å². The van der Waals surface area contributed by atoms with Crippen molar-refractivity contribution in [1.29, 1.82) is 5.26 Å².